The maximum absolute atomic E-state index is 8.81. The van der Waals surface area contributed by atoms with Crippen molar-refractivity contribution in [1.29, 1.82) is 0 Å². The lowest BCUT2D eigenvalue weighted by molar-refractivity contribution is 0.00824. The van der Waals surface area contributed by atoms with Crippen molar-refractivity contribution < 1.29 is 9.84 Å². The van der Waals surface area contributed by atoms with E-state index in [0.717, 1.165) is 13.2 Å². The lowest BCUT2D eigenvalue weighted by atomic mass is 10.0. The van der Waals surface area contributed by atoms with E-state index in [2.05, 4.69) is 5.32 Å². The Balaban J connectivity index is 2.37. The van der Waals surface area contributed by atoms with Crippen LogP contribution in [0.4, 0.5) is 0 Å². The minimum Gasteiger partial charge on any atom is -0.394 e. The maximum Gasteiger partial charge on any atom is 0.0668 e. The number of aliphatic hydroxyl groups is 1. The van der Waals surface area contributed by atoms with Gasteiger partial charge >= 0.3 is 0 Å². The lowest BCUT2D eigenvalue weighted by Gasteiger charge is -2.32. The molecular formula is C6H13NO2. The van der Waals surface area contributed by atoms with E-state index < -0.39 is 0 Å². The minimum atomic E-state index is -0.196. The van der Waals surface area contributed by atoms with Crippen LogP contribution in [0.5, 0.6) is 0 Å². The highest BCUT2D eigenvalue weighted by Gasteiger charge is 2.25. The van der Waals surface area contributed by atoms with Crippen molar-refractivity contribution in [3.05, 3.63) is 0 Å². The van der Waals surface area contributed by atoms with E-state index in [0.29, 0.717) is 6.61 Å². The van der Waals surface area contributed by atoms with Gasteiger partial charge in [0.2, 0.25) is 0 Å². The lowest BCUT2D eigenvalue weighted by Crippen LogP contribution is -2.54. The first-order chi connectivity index (χ1) is 4.27. The zero-order valence-corrected chi connectivity index (χ0v) is 5.68. The second kappa shape index (κ2) is 2.64. The van der Waals surface area contributed by atoms with Crippen LogP contribution < -0.4 is 5.32 Å². The first-order valence-corrected chi connectivity index (χ1v) is 3.20. The summed E-state index contributed by atoms with van der Waals surface area (Å²) in [5.74, 6) is 0. The van der Waals surface area contributed by atoms with Gasteiger partial charge in [-0.05, 0) is 6.92 Å². The number of hydrogen-bond acceptors (Lipinski definition) is 3. The van der Waals surface area contributed by atoms with Gasteiger partial charge in [-0.3, -0.25) is 0 Å². The number of hydrogen-bond donors (Lipinski definition) is 2. The van der Waals surface area contributed by atoms with Gasteiger partial charge in [0, 0.05) is 6.54 Å². The van der Waals surface area contributed by atoms with Gasteiger partial charge in [0.25, 0.3) is 0 Å². The standard InChI is InChI=1S/C6H13NO2/c1-6(4-8)5-9-3-2-7-6/h7-8H,2-5H2,1H3/t6-/m0/s1. The SMILES string of the molecule is C[C@]1(CO)COCCN1. The van der Waals surface area contributed by atoms with Gasteiger partial charge in [-0.25, -0.2) is 0 Å². The molecule has 0 radical (unpaired) electrons. The van der Waals surface area contributed by atoms with E-state index in [-0.39, 0.29) is 12.1 Å². The van der Waals surface area contributed by atoms with Gasteiger partial charge in [-0.2, -0.15) is 0 Å². The molecule has 0 aromatic rings. The summed E-state index contributed by atoms with van der Waals surface area (Å²) >= 11 is 0. The summed E-state index contributed by atoms with van der Waals surface area (Å²) in [6, 6.07) is 0. The molecule has 0 aromatic heterocycles. The van der Waals surface area contributed by atoms with Crippen LogP contribution in [0.2, 0.25) is 0 Å². The van der Waals surface area contributed by atoms with E-state index in [1.807, 2.05) is 6.92 Å². The summed E-state index contributed by atoms with van der Waals surface area (Å²) in [6.45, 7) is 4.31. The maximum atomic E-state index is 8.81. The number of aliphatic hydroxyl groups excluding tert-OH is 1. The number of morpholine rings is 1. The Bertz CT molecular complexity index is 89.1. The molecule has 2 N–H and O–H groups in total. The fourth-order valence-corrected chi connectivity index (χ4v) is 0.875. The Hall–Kier alpha value is -0.120. The Kier molecular flexibility index (Phi) is 2.05. The van der Waals surface area contributed by atoms with Crippen LogP contribution in [0.15, 0.2) is 0 Å². The van der Waals surface area contributed by atoms with E-state index in [1.165, 1.54) is 0 Å². The quantitative estimate of drug-likeness (QED) is 0.497. The molecule has 3 nitrogen and oxygen atoms in total. The third-order valence-corrected chi connectivity index (χ3v) is 1.57. The zero-order chi connectivity index (χ0) is 6.74. The Morgan fingerprint density at radius 3 is 2.89 bits per heavy atom. The molecule has 1 rings (SSSR count). The Morgan fingerprint density at radius 2 is 2.56 bits per heavy atom. The average molecular weight is 131 g/mol. The third-order valence-electron chi connectivity index (χ3n) is 1.57. The van der Waals surface area contributed by atoms with E-state index in [9.17, 15) is 0 Å². The van der Waals surface area contributed by atoms with Crippen LogP contribution in [0.3, 0.4) is 0 Å². The summed E-state index contributed by atoms with van der Waals surface area (Å²) in [5, 5.41) is 12.0. The monoisotopic (exact) mass is 131 g/mol. The summed E-state index contributed by atoms with van der Waals surface area (Å²) in [7, 11) is 0. The molecule has 1 aliphatic heterocycles. The largest absolute Gasteiger partial charge is 0.394 e. The second-order valence-corrected chi connectivity index (χ2v) is 2.70. The highest BCUT2D eigenvalue weighted by Crippen LogP contribution is 2.05. The molecule has 9 heavy (non-hydrogen) atoms. The van der Waals surface area contributed by atoms with Crippen molar-refractivity contribution in [3.63, 3.8) is 0 Å². The topological polar surface area (TPSA) is 41.5 Å². The average Bonchev–Trinajstić information content (AvgIpc) is 1.90. The molecule has 0 spiro atoms. The molecule has 1 saturated heterocycles. The second-order valence-electron chi connectivity index (χ2n) is 2.70. The minimum absolute atomic E-state index is 0.146. The molecule has 54 valence electrons. The van der Waals surface area contributed by atoms with Crippen LogP contribution in [-0.4, -0.2) is 37.0 Å². The fourth-order valence-electron chi connectivity index (χ4n) is 0.875. The first kappa shape index (κ1) is 6.99. The molecule has 1 atom stereocenters. The summed E-state index contributed by atoms with van der Waals surface area (Å²) in [4.78, 5) is 0. The van der Waals surface area contributed by atoms with Crippen LogP contribution in [0, 0.1) is 0 Å². The van der Waals surface area contributed by atoms with Gasteiger partial charge in [-0.1, -0.05) is 0 Å². The molecule has 1 heterocycles. The molecule has 0 aliphatic carbocycles. The molecule has 1 aliphatic rings. The van der Waals surface area contributed by atoms with Gasteiger partial charge < -0.3 is 15.2 Å². The number of nitrogens with one attached hydrogen (secondary N) is 1. The van der Waals surface area contributed by atoms with Crippen molar-refractivity contribution in [2.75, 3.05) is 26.4 Å². The van der Waals surface area contributed by atoms with Crippen molar-refractivity contribution in [2.24, 2.45) is 0 Å². The van der Waals surface area contributed by atoms with Gasteiger partial charge in [0.1, 0.15) is 0 Å². The normalized spacial score (nSPS) is 36.7. The summed E-state index contributed by atoms with van der Waals surface area (Å²) < 4.78 is 5.15. The van der Waals surface area contributed by atoms with Crippen molar-refractivity contribution in [2.45, 2.75) is 12.5 Å². The predicted molar refractivity (Wildman–Crippen MR) is 34.3 cm³/mol. The fraction of sp³-hybridized carbons (Fsp3) is 1.00. The highest BCUT2D eigenvalue weighted by atomic mass is 16.5. The van der Waals surface area contributed by atoms with Crippen LogP contribution in [-0.2, 0) is 4.74 Å². The molecule has 0 aromatic carbocycles. The molecular weight excluding hydrogens is 118 g/mol. The molecule has 0 amide bonds. The molecule has 0 bridgehead atoms. The van der Waals surface area contributed by atoms with Crippen molar-refractivity contribution >= 4 is 0 Å². The number of rotatable bonds is 1. The van der Waals surface area contributed by atoms with Crippen LogP contribution in [0.25, 0.3) is 0 Å². The number of ether oxygens (including phenoxy) is 1. The first-order valence-electron chi connectivity index (χ1n) is 3.20. The predicted octanol–water partition coefficient (Wildman–Crippen LogP) is -0.643. The van der Waals surface area contributed by atoms with Gasteiger partial charge in [-0.15, -0.1) is 0 Å². The Morgan fingerprint density at radius 1 is 1.78 bits per heavy atom. The van der Waals surface area contributed by atoms with Crippen LogP contribution in [0.1, 0.15) is 6.92 Å². The van der Waals surface area contributed by atoms with Crippen molar-refractivity contribution in [3.8, 4) is 0 Å². The van der Waals surface area contributed by atoms with Crippen molar-refractivity contribution in [1.82, 2.24) is 5.32 Å². The van der Waals surface area contributed by atoms with Gasteiger partial charge in [0.15, 0.2) is 0 Å². The zero-order valence-electron chi connectivity index (χ0n) is 5.68. The molecule has 3 heteroatoms. The Labute approximate surface area is 55.0 Å². The highest BCUT2D eigenvalue weighted by molar-refractivity contribution is 4.84. The molecule has 0 saturated carbocycles. The van der Waals surface area contributed by atoms with Crippen LogP contribution >= 0.6 is 0 Å². The smallest absolute Gasteiger partial charge is 0.0668 e. The third kappa shape index (κ3) is 1.64. The molecule has 1 fully saturated rings. The van der Waals surface area contributed by atoms with Gasteiger partial charge in [0.05, 0.1) is 25.4 Å². The summed E-state index contributed by atoms with van der Waals surface area (Å²) in [5.41, 5.74) is -0.196. The summed E-state index contributed by atoms with van der Waals surface area (Å²) in [6.07, 6.45) is 0. The van der Waals surface area contributed by atoms with E-state index in [1.54, 1.807) is 0 Å². The van der Waals surface area contributed by atoms with E-state index >= 15 is 0 Å². The molecule has 0 unspecified atom stereocenters. The van der Waals surface area contributed by atoms with E-state index in [4.69, 9.17) is 9.84 Å².